The van der Waals surface area contributed by atoms with Gasteiger partial charge in [-0.25, -0.2) is 0 Å². The number of hydrogen-bond acceptors (Lipinski definition) is 2. The minimum absolute atomic E-state index is 0.124. The van der Waals surface area contributed by atoms with E-state index in [4.69, 9.17) is 23.2 Å². The number of thiophene rings is 1. The highest BCUT2D eigenvalue weighted by Gasteiger charge is 2.16. The minimum Gasteiger partial charge on any atom is -0.288 e. The van der Waals surface area contributed by atoms with Gasteiger partial charge in [0.2, 0.25) is 5.78 Å². The predicted molar refractivity (Wildman–Crippen MR) is 64.2 cm³/mol. The largest absolute Gasteiger partial charge is 0.288 e. The van der Waals surface area contributed by atoms with E-state index in [0.29, 0.717) is 20.5 Å². The molecule has 0 aliphatic rings. The molecule has 15 heavy (non-hydrogen) atoms. The first kappa shape index (κ1) is 10.7. The van der Waals surface area contributed by atoms with Crippen LogP contribution in [-0.4, -0.2) is 5.78 Å². The summed E-state index contributed by atoms with van der Waals surface area (Å²) in [6.07, 6.45) is 0. The van der Waals surface area contributed by atoms with Crippen LogP contribution in [0, 0.1) is 0 Å². The zero-order chi connectivity index (χ0) is 10.8. The lowest BCUT2D eigenvalue weighted by molar-refractivity contribution is 0.104. The molecule has 0 atom stereocenters. The molecule has 1 aromatic carbocycles. The van der Waals surface area contributed by atoms with E-state index in [1.54, 1.807) is 35.7 Å². The van der Waals surface area contributed by atoms with Gasteiger partial charge in [-0.3, -0.25) is 4.79 Å². The maximum absolute atomic E-state index is 12.0. The Morgan fingerprint density at radius 1 is 1.07 bits per heavy atom. The Morgan fingerprint density at radius 3 is 2.40 bits per heavy atom. The molecule has 0 spiro atoms. The zero-order valence-corrected chi connectivity index (χ0v) is 9.86. The van der Waals surface area contributed by atoms with Gasteiger partial charge in [-0.15, -0.1) is 11.3 Å². The van der Waals surface area contributed by atoms with Gasteiger partial charge in [0.05, 0.1) is 14.9 Å². The van der Waals surface area contributed by atoms with Crippen LogP contribution in [0.3, 0.4) is 0 Å². The molecule has 0 fully saturated rings. The second kappa shape index (κ2) is 4.35. The third-order valence-corrected chi connectivity index (χ3v) is 3.61. The highest BCUT2D eigenvalue weighted by atomic mass is 35.5. The molecule has 0 saturated heterocycles. The molecule has 76 valence electrons. The molecule has 2 rings (SSSR count). The molecular formula is C11H6Cl2OS. The topological polar surface area (TPSA) is 17.1 Å². The molecule has 2 aromatic rings. The fourth-order valence-electron chi connectivity index (χ4n) is 1.22. The Kier molecular flexibility index (Phi) is 3.10. The van der Waals surface area contributed by atoms with E-state index in [9.17, 15) is 4.79 Å². The summed E-state index contributed by atoms with van der Waals surface area (Å²) in [6, 6.07) is 8.66. The number of carbonyl (C=O) groups is 1. The first-order chi connectivity index (χ1) is 7.20. The molecule has 0 amide bonds. The maximum atomic E-state index is 12.0. The fraction of sp³-hybridized carbons (Fsp3) is 0. The molecule has 0 radical (unpaired) electrons. The molecule has 0 saturated carbocycles. The molecule has 1 nitrogen and oxygen atoms in total. The van der Waals surface area contributed by atoms with Crippen LogP contribution >= 0.6 is 34.5 Å². The van der Waals surface area contributed by atoms with Gasteiger partial charge in [0.1, 0.15) is 0 Å². The van der Waals surface area contributed by atoms with E-state index in [-0.39, 0.29) is 5.78 Å². The van der Waals surface area contributed by atoms with Crippen molar-refractivity contribution in [2.75, 3.05) is 0 Å². The monoisotopic (exact) mass is 256 g/mol. The van der Waals surface area contributed by atoms with Gasteiger partial charge in [-0.2, -0.15) is 0 Å². The van der Waals surface area contributed by atoms with Crippen LogP contribution in [0.5, 0.6) is 0 Å². The van der Waals surface area contributed by atoms with E-state index in [1.807, 2.05) is 0 Å². The van der Waals surface area contributed by atoms with Crippen molar-refractivity contribution in [2.24, 2.45) is 0 Å². The maximum Gasteiger partial charge on any atom is 0.205 e. The van der Waals surface area contributed by atoms with Crippen LogP contribution in [0.4, 0.5) is 0 Å². The predicted octanol–water partition coefficient (Wildman–Crippen LogP) is 4.29. The van der Waals surface area contributed by atoms with Crippen molar-refractivity contribution in [2.45, 2.75) is 0 Å². The Balaban J connectivity index is 2.46. The van der Waals surface area contributed by atoms with Crippen molar-refractivity contribution < 1.29 is 4.79 Å². The van der Waals surface area contributed by atoms with Crippen molar-refractivity contribution >= 4 is 40.3 Å². The van der Waals surface area contributed by atoms with Gasteiger partial charge in [0.25, 0.3) is 0 Å². The van der Waals surface area contributed by atoms with E-state index >= 15 is 0 Å². The Labute approximate surface area is 101 Å². The van der Waals surface area contributed by atoms with Crippen molar-refractivity contribution in [3.8, 4) is 0 Å². The number of carbonyl (C=O) groups excluding carboxylic acids is 1. The molecule has 4 heteroatoms. The third kappa shape index (κ3) is 2.07. The first-order valence-corrected chi connectivity index (χ1v) is 5.86. The van der Waals surface area contributed by atoms with Crippen molar-refractivity contribution in [1.82, 2.24) is 0 Å². The lowest BCUT2D eigenvalue weighted by Crippen LogP contribution is -1.99. The average molecular weight is 257 g/mol. The molecule has 1 aromatic heterocycles. The quantitative estimate of drug-likeness (QED) is 0.733. The standard InChI is InChI=1S/C11H6Cl2OS/c12-8-4-2-1-3-7(8)10(14)11-9(13)5-6-15-11/h1-6H. The number of ketones is 1. The van der Waals surface area contributed by atoms with Gasteiger partial charge < -0.3 is 0 Å². The van der Waals surface area contributed by atoms with Crippen molar-refractivity contribution in [1.29, 1.82) is 0 Å². The Hall–Kier alpha value is -0.830. The summed E-state index contributed by atoms with van der Waals surface area (Å²) >= 11 is 13.1. The second-order valence-electron chi connectivity index (χ2n) is 2.91. The van der Waals surface area contributed by atoms with Crippen LogP contribution in [0.1, 0.15) is 15.2 Å². The third-order valence-electron chi connectivity index (χ3n) is 1.94. The summed E-state index contributed by atoms with van der Waals surface area (Å²) < 4.78 is 0. The van der Waals surface area contributed by atoms with Crippen LogP contribution < -0.4 is 0 Å². The SMILES string of the molecule is O=C(c1ccccc1Cl)c1sccc1Cl. The number of hydrogen-bond donors (Lipinski definition) is 0. The summed E-state index contributed by atoms with van der Waals surface area (Å²) in [7, 11) is 0. The lowest BCUT2D eigenvalue weighted by atomic mass is 10.1. The van der Waals surface area contributed by atoms with E-state index in [2.05, 4.69) is 0 Å². The van der Waals surface area contributed by atoms with Gasteiger partial charge in [-0.1, -0.05) is 35.3 Å². The Morgan fingerprint density at radius 2 is 1.80 bits per heavy atom. The van der Waals surface area contributed by atoms with E-state index in [0.717, 1.165) is 0 Å². The van der Waals surface area contributed by atoms with Crippen LogP contribution in [0.2, 0.25) is 10.0 Å². The normalized spacial score (nSPS) is 10.3. The summed E-state index contributed by atoms with van der Waals surface area (Å²) in [6.45, 7) is 0. The number of halogens is 2. The summed E-state index contributed by atoms with van der Waals surface area (Å²) in [5, 5.41) is 2.71. The van der Waals surface area contributed by atoms with Crippen LogP contribution in [0.15, 0.2) is 35.7 Å². The van der Waals surface area contributed by atoms with Gasteiger partial charge >= 0.3 is 0 Å². The molecule has 0 aliphatic heterocycles. The van der Waals surface area contributed by atoms with Crippen LogP contribution in [0.25, 0.3) is 0 Å². The van der Waals surface area contributed by atoms with Gasteiger partial charge in [0.15, 0.2) is 0 Å². The lowest BCUT2D eigenvalue weighted by Gasteiger charge is -2.01. The molecule has 0 N–H and O–H groups in total. The second-order valence-corrected chi connectivity index (χ2v) is 4.64. The first-order valence-electron chi connectivity index (χ1n) is 4.22. The van der Waals surface area contributed by atoms with Crippen molar-refractivity contribution in [3.63, 3.8) is 0 Å². The highest BCUT2D eigenvalue weighted by Crippen LogP contribution is 2.27. The zero-order valence-electron chi connectivity index (χ0n) is 7.54. The van der Waals surface area contributed by atoms with Crippen LogP contribution in [-0.2, 0) is 0 Å². The molecule has 0 unspecified atom stereocenters. The fourth-order valence-corrected chi connectivity index (χ4v) is 2.54. The molecule has 1 heterocycles. The smallest absolute Gasteiger partial charge is 0.205 e. The van der Waals surface area contributed by atoms with E-state index < -0.39 is 0 Å². The number of benzene rings is 1. The summed E-state index contributed by atoms with van der Waals surface area (Å²) in [5.41, 5.74) is 0.489. The number of rotatable bonds is 2. The summed E-state index contributed by atoms with van der Waals surface area (Å²) in [5.74, 6) is -0.124. The highest BCUT2D eigenvalue weighted by molar-refractivity contribution is 7.13. The minimum atomic E-state index is -0.124. The van der Waals surface area contributed by atoms with E-state index in [1.165, 1.54) is 11.3 Å². The summed E-state index contributed by atoms with van der Waals surface area (Å²) in [4.78, 5) is 12.5. The Bertz CT molecular complexity index is 505. The molecular weight excluding hydrogens is 251 g/mol. The molecule has 0 aliphatic carbocycles. The van der Waals surface area contributed by atoms with Crippen molar-refractivity contribution in [3.05, 3.63) is 56.2 Å². The molecule has 0 bridgehead atoms. The van der Waals surface area contributed by atoms with Gasteiger partial charge in [0, 0.05) is 5.56 Å². The van der Waals surface area contributed by atoms with Gasteiger partial charge in [-0.05, 0) is 23.6 Å². The average Bonchev–Trinajstić information content (AvgIpc) is 2.64.